The predicted octanol–water partition coefficient (Wildman–Crippen LogP) is 3.27. The van der Waals surface area contributed by atoms with Gasteiger partial charge >= 0.3 is 0 Å². The molecule has 0 N–H and O–H groups in total. The lowest BCUT2D eigenvalue weighted by Crippen LogP contribution is -2.32. The lowest BCUT2D eigenvalue weighted by molar-refractivity contribution is 0.185. The number of piperidine rings is 1. The Balaban J connectivity index is 1.86. The molecule has 1 aliphatic rings. The first-order valence-electron chi connectivity index (χ1n) is 5.49. The Bertz CT molecular complexity index is 305. The highest BCUT2D eigenvalue weighted by atomic mass is 79.9. The number of likely N-dealkylation sites (tertiary alicyclic amines) is 1. The third kappa shape index (κ3) is 3.26. The van der Waals surface area contributed by atoms with Crippen LogP contribution in [-0.2, 0) is 11.9 Å². The van der Waals surface area contributed by atoms with E-state index in [0.29, 0.717) is 0 Å². The van der Waals surface area contributed by atoms with Gasteiger partial charge in [-0.25, -0.2) is 4.98 Å². The number of alkyl halides is 1. The van der Waals surface area contributed by atoms with E-state index in [1.165, 1.54) is 36.6 Å². The van der Waals surface area contributed by atoms with E-state index >= 15 is 0 Å². The first-order valence-corrected chi connectivity index (χ1v) is 7.49. The number of nitrogens with zero attached hydrogens (tertiary/aromatic N) is 2. The number of hydrogen-bond acceptors (Lipinski definition) is 3. The van der Waals surface area contributed by atoms with Crippen LogP contribution in [0.5, 0.6) is 0 Å². The van der Waals surface area contributed by atoms with Gasteiger partial charge in [0.05, 0.1) is 12.2 Å². The summed E-state index contributed by atoms with van der Waals surface area (Å²) in [4.78, 5) is 7.10. The van der Waals surface area contributed by atoms with Crippen molar-refractivity contribution in [3.05, 3.63) is 16.1 Å². The summed E-state index contributed by atoms with van der Waals surface area (Å²) in [6, 6.07) is 0. The Morgan fingerprint density at radius 2 is 2.27 bits per heavy atom. The zero-order chi connectivity index (χ0) is 10.7. The Kier molecular flexibility index (Phi) is 4.17. The van der Waals surface area contributed by atoms with Gasteiger partial charge in [-0.2, -0.15) is 0 Å². The van der Waals surface area contributed by atoms with Crippen molar-refractivity contribution in [2.24, 2.45) is 5.92 Å². The minimum absolute atomic E-state index is 0.876. The van der Waals surface area contributed by atoms with E-state index in [2.05, 4.69) is 38.1 Å². The number of aromatic nitrogens is 1. The van der Waals surface area contributed by atoms with Gasteiger partial charge in [0.1, 0.15) is 5.01 Å². The average molecular weight is 289 g/mol. The van der Waals surface area contributed by atoms with E-state index < -0.39 is 0 Å². The molecule has 0 radical (unpaired) electrons. The summed E-state index contributed by atoms with van der Waals surface area (Å²) < 4.78 is 0. The van der Waals surface area contributed by atoms with Crippen LogP contribution < -0.4 is 0 Å². The van der Waals surface area contributed by atoms with Crippen molar-refractivity contribution in [2.45, 2.75) is 31.6 Å². The smallest absolute Gasteiger partial charge is 0.107 e. The lowest BCUT2D eigenvalue weighted by atomic mass is 9.99. The second kappa shape index (κ2) is 5.41. The summed E-state index contributed by atoms with van der Waals surface area (Å²) in [5.74, 6) is 0.913. The first-order chi connectivity index (χ1) is 7.28. The fourth-order valence-electron chi connectivity index (χ4n) is 1.89. The minimum atomic E-state index is 0.876. The lowest BCUT2D eigenvalue weighted by Gasteiger charge is -2.29. The molecule has 0 spiro atoms. The van der Waals surface area contributed by atoms with Crippen LogP contribution in [0.1, 0.15) is 30.5 Å². The van der Waals surface area contributed by atoms with Crippen LogP contribution in [-0.4, -0.2) is 23.0 Å². The molecule has 2 nitrogen and oxygen atoms in total. The van der Waals surface area contributed by atoms with Gasteiger partial charge in [0.25, 0.3) is 0 Å². The number of hydrogen-bond donors (Lipinski definition) is 0. The quantitative estimate of drug-likeness (QED) is 0.794. The van der Waals surface area contributed by atoms with Crippen LogP contribution in [0.2, 0.25) is 0 Å². The third-order valence-corrected chi connectivity index (χ3v) is 4.43. The molecular weight excluding hydrogens is 272 g/mol. The van der Waals surface area contributed by atoms with Crippen molar-refractivity contribution in [1.82, 2.24) is 9.88 Å². The molecule has 4 heteroatoms. The maximum Gasteiger partial charge on any atom is 0.107 e. The topological polar surface area (TPSA) is 16.1 Å². The van der Waals surface area contributed by atoms with Crippen LogP contribution in [0, 0.1) is 5.92 Å². The molecule has 15 heavy (non-hydrogen) atoms. The molecule has 1 fully saturated rings. The molecule has 2 rings (SSSR count). The highest BCUT2D eigenvalue weighted by Gasteiger charge is 2.16. The highest BCUT2D eigenvalue weighted by Crippen LogP contribution is 2.20. The van der Waals surface area contributed by atoms with Gasteiger partial charge in [-0.3, -0.25) is 4.90 Å². The van der Waals surface area contributed by atoms with Crippen molar-refractivity contribution in [1.29, 1.82) is 0 Å². The predicted molar refractivity (Wildman–Crippen MR) is 68.4 cm³/mol. The zero-order valence-electron chi connectivity index (χ0n) is 9.08. The van der Waals surface area contributed by atoms with Crippen LogP contribution in [0.3, 0.4) is 0 Å². The monoisotopic (exact) mass is 288 g/mol. The number of halogens is 1. The van der Waals surface area contributed by atoms with E-state index in [1.54, 1.807) is 11.3 Å². The molecule has 0 saturated carbocycles. The van der Waals surface area contributed by atoms with Crippen LogP contribution in [0.4, 0.5) is 0 Å². The molecule has 0 aliphatic carbocycles. The van der Waals surface area contributed by atoms with E-state index in [1.807, 2.05) is 0 Å². The Morgan fingerprint density at radius 1 is 1.53 bits per heavy atom. The van der Waals surface area contributed by atoms with Crippen molar-refractivity contribution < 1.29 is 0 Å². The van der Waals surface area contributed by atoms with E-state index in [0.717, 1.165) is 17.8 Å². The molecule has 1 saturated heterocycles. The molecular formula is C11H17BrN2S. The maximum absolute atomic E-state index is 4.57. The molecule has 0 atom stereocenters. The molecule has 1 aromatic heterocycles. The summed E-state index contributed by atoms with van der Waals surface area (Å²) in [5.41, 5.74) is 1.17. The summed E-state index contributed by atoms with van der Waals surface area (Å²) in [6.07, 6.45) is 2.69. The van der Waals surface area contributed by atoms with Crippen molar-refractivity contribution in [3.63, 3.8) is 0 Å². The third-order valence-electron chi connectivity index (χ3n) is 2.97. The average Bonchev–Trinajstić information content (AvgIpc) is 2.69. The molecule has 1 aromatic rings. The molecule has 1 aliphatic heterocycles. The molecule has 0 unspecified atom stereocenters. The van der Waals surface area contributed by atoms with E-state index in [9.17, 15) is 0 Å². The van der Waals surface area contributed by atoms with E-state index in [-0.39, 0.29) is 0 Å². The highest BCUT2D eigenvalue weighted by molar-refractivity contribution is 9.08. The van der Waals surface area contributed by atoms with Crippen LogP contribution in [0.25, 0.3) is 0 Å². The van der Waals surface area contributed by atoms with Gasteiger partial charge in [0.15, 0.2) is 0 Å². The number of thiazole rings is 1. The first kappa shape index (κ1) is 11.6. The number of rotatable bonds is 3. The van der Waals surface area contributed by atoms with Gasteiger partial charge in [-0.15, -0.1) is 11.3 Å². The molecule has 0 amide bonds. The Morgan fingerprint density at radius 3 is 2.87 bits per heavy atom. The maximum atomic E-state index is 4.57. The molecule has 0 aromatic carbocycles. The van der Waals surface area contributed by atoms with Crippen molar-refractivity contribution in [3.8, 4) is 0 Å². The summed E-state index contributed by atoms with van der Waals surface area (Å²) in [7, 11) is 0. The zero-order valence-corrected chi connectivity index (χ0v) is 11.5. The summed E-state index contributed by atoms with van der Waals surface area (Å²) >= 11 is 5.22. The van der Waals surface area contributed by atoms with Gasteiger partial charge in [-0.1, -0.05) is 22.9 Å². The standard InChI is InChI=1S/C11H17BrN2S/c1-9-2-4-14(5-3-9)7-11-13-10(6-12)8-15-11/h8-9H,2-7H2,1H3. The fourth-order valence-corrected chi connectivity index (χ4v) is 3.23. The Hall–Kier alpha value is 0.0700. The normalized spacial score (nSPS) is 19.6. The van der Waals surface area contributed by atoms with Gasteiger partial charge < -0.3 is 0 Å². The SMILES string of the molecule is CC1CCN(Cc2nc(CBr)cs2)CC1. The second-order valence-corrected chi connectivity index (χ2v) is 5.83. The van der Waals surface area contributed by atoms with E-state index in [4.69, 9.17) is 0 Å². The van der Waals surface area contributed by atoms with Crippen molar-refractivity contribution in [2.75, 3.05) is 13.1 Å². The van der Waals surface area contributed by atoms with Crippen LogP contribution in [0.15, 0.2) is 5.38 Å². The Labute approximate surface area is 104 Å². The van der Waals surface area contributed by atoms with Crippen molar-refractivity contribution >= 4 is 27.3 Å². The fraction of sp³-hybridized carbons (Fsp3) is 0.727. The minimum Gasteiger partial charge on any atom is -0.297 e. The summed E-state index contributed by atoms with van der Waals surface area (Å²) in [6.45, 7) is 5.88. The van der Waals surface area contributed by atoms with Crippen LogP contribution >= 0.6 is 27.3 Å². The molecule has 2 heterocycles. The second-order valence-electron chi connectivity index (χ2n) is 4.32. The summed E-state index contributed by atoms with van der Waals surface area (Å²) in [5, 5.41) is 4.29. The molecule has 0 bridgehead atoms. The van der Waals surface area contributed by atoms with Gasteiger partial charge in [0.2, 0.25) is 0 Å². The molecule has 84 valence electrons. The van der Waals surface area contributed by atoms with Gasteiger partial charge in [0, 0.05) is 10.7 Å². The van der Waals surface area contributed by atoms with Gasteiger partial charge in [-0.05, 0) is 31.8 Å². The largest absolute Gasteiger partial charge is 0.297 e.